The Morgan fingerprint density at radius 3 is 2.48 bits per heavy atom. The predicted molar refractivity (Wildman–Crippen MR) is 106 cm³/mol. The first-order valence-electron chi connectivity index (χ1n) is 9.07. The average Bonchev–Trinajstić information content (AvgIpc) is 3.15. The van der Waals surface area contributed by atoms with Crippen molar-refractivity contribution in [2.24, 2.45) is 0 Å². The van der Waals surface area contributed by atoms with Crippen molar-refractivity contribution in [3.8, 4) is 5.75 Å². The fourth-order valence-electron chi connectivity index (χ4n) is 3.32. The number of aryl methyl sites for hydroxylation is 2. The first-order valence-corrected chi connectivity index (χ1v) is 9.07. The van der Waals surface area contributed by atoms with E-state index in [0.29, 0.717) is 18.7 Å². The lowest BCUT2D eigenvalue weighted by molar-refractivity contribution is -0.119. The lowest BCUT2D eigenvalue weighted by atomic mass is 10.1. The number of methoxy groups -OCH3 is 1. The lowest BCUT2D eigenvalue weighted by Gasteiger charge is -2.24. The fourth-order valence-corrected chi connectivity index (χ4v) is 3.32. The van der Waals surface area contributed by atoms with E-state index >= 15 is 0 Å². The van der Waals surface area contributed by atoms with Gasteiger partial charge in [-0.25, -0.2) is 4.79 Å². The zero-order valence-electron chi connectivity index (χ0n) is 15.9. The molecule has 1 aliphatic rings. The van der Waals surface area contributed by atoms with Crippen LogP contribution < -0.4 is 15.4 Å². The highest BCUT2D eigenvalue weighted by molar-refractivity contribution is 6.00. The summed E-state index contributed by atoms with van der Waals surface area (Å²) in [4.78, 5) is 27.0. The van der Waals surface area contributed by atoms with Crippen molar-refractivity contribution in [2.75, 3.05) is 24.3 Å². The monoisotopic (exact) mass is 367 g/mol. The highest BCUT2D eigenvalue weighted by atomic mass is 16.5. The van der Waals surface area contributed by atoms with Crippen LogP contribution in [0.1, 0.15) is 24.0 Å². The van der Waals surface area contributed by atoms with Crippen LogP contribution in [0.15, 0.2) is 42.5 Å². The number of rotatable bonds is 4. The quantitative estimate of drug-likeness (QED) is 0.860. The van der Waals surface area contributed by atoms with Gasteiger partial charge in [-0.3, -0.25) is 4.79 Å². The van der Waals surface area contributed by atoms with E-state index in [1.54, 1.807) is 36.3 Å². The summed E-state index contributed by atoms with van der Waals surface area (Å²) in [5.41, 5.74) is 3.61. The van der Waals surface area contributed by atoms with E-state index in [1.165, 1.54) is 0 Å². The number of nitrogens with zero attached hydrogens (tertiary/aromatic N) is 1. The Hall–Kier alpha value is -3.02. The highest BCUT2D eigenvalue weighted by Crippen LogP contribution is 2.23. The molecule has 142 valence electrons. The Kier molecular flexibility index (Phi) is 5.64. The van der Waals surface area contributed by atoms with Crippen LogP contribution in [-0.2, 0) is 4.79 Å². The molecule has 1 saturated heterocycles. The van der Waals surface area contributed by atoms with Crippen LogP contribution in [0.2, 0.25) is 0 Å². The first kappa shape index (κ1) is 18.8. The van der Waals surface area contributed by atoms with E-state index in [-0.39, 0.29) is 11.9 Å². The van der Waals surface area contributed by atoms with E-state index in [2.05, 4.69) is 10.6 Å². The molecule has 6 nitrogen and oxygen atoms in total. The minimum Gasteiger partial charge on any atom is -0.497 e. The van der Waals surface area contributed by atoms with Crippen LogP contribution >= 0.6 is 0 Å². The first-order chi connectivity index (χ1) is 13.0. The molecule has 0 aromatic heterocycles. The van der Waals surface area contributed by atoms with E-state index in [9.17, 15) is 9.59 Å². The number of hydrogen-bond acceptors (Lipinski definition) is 3. The van der Waals surface area contributed by atoms with Crippen LogP contribution in [0, 0.1) is 13.8 Å². The number of likely N-dealkylation sites (tertiary alicyclic amines) is 1. The minimum atomic E-state index is -0.469. The van der Waals surface area contributed by atoms with Crippen molar-refractivity contribution in [2.45, 2.75) is 32.7 Å². The second kappa shape index (κ2) is 8.12. The molecule has 2 aromatic carbocycles. The van der Waals surface area contributed by atoms with Crippen LogP contribution in [0.5, 0.6) is 5.75 Å². The molecule has 2 aromatic rings. The van der Waals surface area contributed by atoms with Gasteiger partial charge < -0.3 is 20.3 Å². The average molecular weight is 367 g/mol. The molecular formula is C21H25N3O3. The molecule has 27 heavy (non-hydrogen) atoms. The van der Waals surface area contributed by atoms with Gasteiger partial charge in [0.2, 0.25) is 5.91 Å². The van der Waals surface area contributed by atoms with Gasteiger partial charge in [0.05, 0.1) is 7.11 Å². The predicted octanol–water partition coefficient (Wildman–Crippen LogP) is 3.95. The smallest absolute Gasteiger partial charge is 0.322 e. The SMILES string of the molecule is COc1ccc(NC(=O)N2CCC[C@H]2C(=O)Nc2ccc(C)cc2C)cc1. The summed E-state index contributed by atoms with van der Waals surface area (Å²) in [5.74, 6) is 0.573. The molecule has 0 radical (unpaired) electrons. The van der Waals surface area contributed by atoms with Gasteiger partial charge in [0.25, 0.3) is 0 Å². The van der Waals surface area contributed by atoms with Gasteiger partial charge in [-0.1, -0.05) is 17.7 Å². The maximum absolute atomic E-state index is 12.8. The van der Waals surface area contributed by atoms with E-state index < -0.39 is 6.04 Å². The molecule has 2 N–H and O–H groups in total. The lowest BCUT2D eigenvalue weighted by Crippen LogP contribution is -2.45. The molecule has 0 spiro atoms. The molecule has 0 aliphatic carbocycles. The molecule has 1 atom stereocenters. The van der Waals surface area contributed by atoms with Crippen molar-refractivity contribution in [1.29, 1.82) is 0 Å². The molecule has 0 bridgehead atoms. The number of hydrogen-bond donors (Lipinski definition) is 2. The maximum Gasteiger partial charge on any atom is 0.322 e. The summed E-state index contributed by atoms with van der Waals surface area (Å²) >= 11 is 0. The van der Waals surface area contributed by atoms with Gasteiger partial charge in [-0.15, -0.1) is 0 Å². The van der Waals surface area contributed by atoms with Crippen molar-refractivity contribution >= 4 is 23.3 Å². The molecule has 3 amide bonds. The third kappa shape index (κ3) is 4.39. The van der Waals surface area contributed by atoms with Crippen LogP contribution in [0.3, 0.4) is 0 Å². The maximum atomic E-state index is 12.8. The molecule has 1 aliphatic heterocycles. The van der Waals surface area contributed by atoms with E-state index in [0.717, 1.165) is 29.0 Å². The Morgan fingerprint density at radius 2 is 1.81 bits per heavy atom. The molecule has 1 fully saturated rings. The third-order valence-electron chi connectivity index (χ3n) is 4.80. The number of benzene rings is 2. The zero-order chi connectivity index (χ0) is 19.4. The topological polar surface area (TPSA) is 70.7 Å². The number of ether oxygens (including phenoxy) is 1. The Balaban J connectivity index is 1.66. The standard InChI is InChI=1S/C21H25N3O3/c1-14-6-11-18(15(2)13-14)23-20(25)19-5-4-12-24(19)21(26)22-16-7-9-17(27-3)10-8-16/h6-11,13,19H,4-5,12H2,1-3H3,(H,22,26)(H,23,25)/t19-/m0/s1. The van der Waals surface area contributed by atoms with Gasteiger partial charge in [0, 0.05) is 17.9 Å². The number of anilines is 2. The van der Waals surface area contributed by atoms with Crippen LogP contribution in [0.4, 0.5) is 16.2 Å². The molecule has 0 unspecified atom stereocenters. The van der Waals surface area contributed by atoms with Gasteiger partial charge >= 0.3 is 6.03 Å². The second-order valence-electron chi connectivity index (χ2n) is 6.82. The van der Waals surface area contributed by atoms with E-state index in [4.69, 9.17) is 4.74 Å². The Morgan fingerprint density at radius 1 is 1.07 bits per heavy atom. The van der Waals surface area contributed by atoms with Gasteiger partial charge in [-0.2, -0.15) is 0 Å². The number of amides is 3. The van der Waals surface area contributed by atoms with Crippen LogP contribution in [0.25, 0.3) is 0 Å². The van der Waals surface area contributed by atoms with Gasteiger partial charge in [0.15, 0.2) is 0 Å². The van der Waals surface area contributed by atoms with E-state index in [1.807, 2.05) is 32.0 Å². The molecule has 1 heterocycles. The molecule has 0 saturated carbocycles. The molecule has 6 heteroatoms. The highest BCUT2D eigenvalue weighted by Gasteiger charge is 2.34. The second-order valence-corrected chi connectivity index (χ2v) is 6.82. The minimum absolute atomic E-state index is 0.149. The summed E-state index contributed by atoms with van der Waals surface area (Å²) in [5, 5.41) is 5.82. The largest absolute Gasteiger partial charge is 0.497 e. The number of carbonyl (C=O) groups excluding carboxylic acids is 2. The number of urea groups is 1. The molecule has 3 rings (SSSR count). The normalized spacial score (nSPS) is 16.1. The van der Waals surface area contributed by atoms with Gasteiger partial charge in [0.1, 0.15) is 11.8 Å². The van der Waals surface area contributed by atoms with Crippen molar-refractivity contribution < 1.29 is 14.3 Å². The summed E-state index contributed by atoms with van der Waals surface area (Å²) in [6, 6.07) is 12.3. The third-order valence-corrected chi connectivity index (χ3v) is 4.80. The Labute approximate surface area is 159 Å². The van der Waals surface area contributed by atoms with Crippen molar-refractivity contribution in [3.63, 3.8) is 0 Å². The van der Waals surface area contributed by atoms with Crippen LogP contribution in [-0.4, -0.2) is 36.5 Å². The number of carbonyl (C=O) groups is 2. The number of nitrogens with one attached hydrogen (secondary N) is 2. The van der Waals surface area contributed by atoms with Crippen molar-refractivity contribution in [3.05, 3.63) is 53.6 Å². The fraction of sp³-hybridized carbons (Fsp3) is 0.333. The zero-order valence-corrected chi connectivity index (χ0v) is 15.9. The summed E-state index contributed by atoms with van der Waals surface area (Å²) in [6.07, 6.45) is 1.47. The van der Waals surface area contributed by atoms with Gasteiger partial charge in [-0.05, 0) is 62.6 Å². The van der Waals surface area contributed by atoms with Crippen molar-refractivity contribution in [1.82, 2.24) is 4.90 Å². The molecular weight excluding hydrogens is 342 g/mol. The summed E-state index contributed by atoms with van der Waals surface area (Å²) in [6.45, 7) is 4.54. The Bertz CT molecular complexity index is 833. The summed E-state index contributed by atoms with van der Waals surface area (Å²) in [7, 11) is 1.59. The summed E-state index contributed by atoms with van der Waals surface area (Å²) < 4.78 is 5.12.